The maximum absolute atomic E-state index is 11.7. The van der Waals surface area contributed by atoms with Crippen molar-refractivity contribution in [1.29, 1.82) is 0 Å². The lowest BCUT2D eigenvalue weighted by Gasteiger charge is -2.19. The second-order valence-corrected chi connectivity index (χ2v) is 3.88. The molecule has 0 aliphatic rings. The fourth-order valence-corrected chi connectivity index (χ4v) is 1.37. The Morgan fingerprint density at radius 3 is 2.67 bits per heavy atom. The van der Waals surface area contributed by atoms with Crippen molar-refractivity contribution in [2.24, 2.45) is 11.7 Å². The minimum Gasteiger partial charge on any atom is -0.385 e. The quantitative estimate of drug-likeness (QED) is 0.612. The minimum absolute atomic E-state index is 0.184. The highest BCUT2D eigenvalue weighted by Crippen LogP contribution is 2.08. The fourth-order valence-electron chi connectivity index (χ4n) is 1.37. The Morgan fingerprint density at radius 2 is 2.20 bits per heavy atom. The van der Waals surface area contributed by atoms with Gasteiger partial charge in [-0.15, -0.1) is 0 Å². The average Bonchev–Trinajstić information content (AvgIpc) is 2.25. The molecule has 15 heavy (non-hydrogen) atoms. The SMILES string of the molecule is CCC(CN)CC(=O)N(C)CCCOC. The molecule has 0 aromatic heterocycles. The fraction of sp³-hybridized carbons (Fsp3) is 0.909. The number of rotatable bonds is 8. The Balaban J connectivity index is 3.77. The third-order valence-electron chi connectivity index (χ3n) is 2.64. The molecule has 4 heteroatoms. The van der Waals surface area contributed by atoms with E-state index in [9.17, 15) is 4.79 Å². The molecule has 90 valence electrons. The van der Waals surface area contributed by atoms with Gasteiger partial charge in [-0.2, -0.15) is 0 Å². The zero-order chi connectivity index (χ0) is 11.7. The zero-order valence-electron chi connectivity index (χ0n) is 10.2. The third kappa shape index (κ3) is 6.47. The van der Waals surface area contributed by atoms with E-state index >= 15 is 0 Å². The molecule has 0 saturated heterocycles. The Labute approximate surface area is 92.8 Å². The van der Waals surface area contributed by atoms with Crippen molar-refractivity contribution >= 4 is 5.91 Å². The molecule has 0 heterocycles. The summed E-state index contributed by atoms with van der Waals surface area (Å²) in [6.45, 7) is 4.11. The number of methoxy groups -OCH3 is 1. The van der Waals surface area contributed by atoms with Crippen LogP contribution in [0, 0.1) is 5.92 Å². The summed E-state index contributed by atoms with van der Waals surface area (Å²) in [6.07, 6.45) is 2.42. The molecule has 0 radical (unpaired) electrons. The lowest BCUT2D eigenvalue weighted by atomic mass is 10.0. The van der Waals surface area contributed by atoms with Crippen molar-refractivity contribution in [2.75, 3.05) is 33.9 Å². The number of ether oxygens (including phenoxy) is 1. The molecule has 0 aliphatic heterocycles. The van der Waals surface area contributed by atoms with E-state index in [2.05, 4.69) is 6.92 Å². The molecule has 4 nitrogen and oxygen atoms in total. The third-order valence-corrected chi connectivity index (χ3v) is 2.64. The summed E-state index contributed by atoms with van der Waals surface area (Å²) in [4.78, 5) is 13.5. The number of nitrogens with zero attached hydrogens (tertiary/aromatic N) is 1. The molecule has 0 aromatic carbocycles. The number of nitrogens with two attached hydrogens (primary N) is 1. The topological polar surface area (TPSA) is 55.6 Å². The zero-order valence-corrected chi connectivity index (χ0v) is 10.2. The number of hydrogen-bond acceptors (Lipinski definition) is 3. The van der Waals surface area contributed by atoms with Crippen LogP contribution in [0.25, 0.3) is 0 Å². The Hall–Kier alpha value is -0.610. The van der Waals surface area contributed by atoms with Crippen LogP contribution in [0.5, 0.6) is 0 Å². The van der Waals surface area contributed by atoms with Crippen molar-refractivity contribution < 1.29 is 9.53 Å². The molecular formula is C11H24N2O2. The van der Waals surface area contributed by atoms with Crippen LogP contribution in [-0.4, -0.2) is 44.7 Å². The highest BCUT2D eigenvalue weighted by atomic mass is 16.5. The van der Waals surface area contributed by atoms with Crippen LogP contribution in [0.15, 0.2) is 0 Å². The summed E-state index contributed by atoms with van der Waals surface area (Å²) >= 11 is 0. The van der Waals surface area contributed by atoms with Crippen LogP contribution in [-0.2, 0) is 9.53 Å². The van der Waals surface area contributed by atoms with Gasteiger partial charge in [0.1, 0.15) is 0 Å². The van der Waals surface area contributed by atoms with Gasteiger partial charge in [0.25, 0.3) is 0 Å². The van der Waals surface area contributed by atoms with Crippen molar-refractivity contribution in [1.82, 2.24) is 4.90 Å². The van der Waals surface area contributed by atoms with Crippen molar-refractivity contribution in [2.45, 2.75) is 26.2 Å². The molecule has 0 aliphatic carbocycles. The second kappa shape index (κ2) is 8.68. The normalized spacial score (nSPS) is 12.5. The summed E-state index contributed by atoms with van der Waals surface area (Å²) in [5.41, 5.74) is 5.56. The van der Waals surface area contributed by atoms with Gasteiger partial charge in [-0.05, 0) is 18.9 Å². The second-order valence-electron chi connectivity index (χ2n) is 3.88. The standard InChI is InChI=1S/C11H24N2O2/c1-4-10(9-12)8-11(14)13(2)6-5-7-15-3/h10H,4-9,12H2,1-3H3. The van der Waals surface area contributed by atoms with Crippen molar-refractivity contribution in [3.8, 4) is 0 Å². The van der Waals surface area contributed by atoms with Crippen molar-refractivity contribution in [3.63, 3.8) is 0 Å². The van der Waals surface area contributed by atoms with E-state index in [0.29, 0.717) is 25.5 Å². The van der Waals surface area contributed by atoms with E-state index in [4.69, 9.17) is 10.5 Å². The van der Waals surface area contributed by atoms with Gasteiger partial charge in [0.15, 0.2) is 0 Å². The molecule has 1 amide bonds. The molecule has 0 bridgehead atoms. The number of carbonyl (C=O) groups is 1. The van der Waals surface area contributed by atoms with E-state index in [-0.39, 0.29) is 5.91 Å². The summed E-state index contributed by atoms with van der Waals surface area (Å²) in [6, 6.07) is 0. The van der Waals surface area contributed by atoms with Crippen LogP contribution in [0.1, 0.15) is 26.2 Å². The average molecular weight is 216 g/mol. The van der Waals surface area contributed by atoms with Crippen LogP contribution in [0.4, 0.5) is 0 Å². The van der Waals surface area contributed by atoms with E-state index < -0.39 is 0 Å². The maximum atomic E-state index is 11.7. The largest absolute Gasteiger partial charge is 0.385 e. The van der Waals surface area contributed by atoms with Crippen LogP contribution < -0.4 is 5.73 Å². The van der Waals surface area contributed by atoms with Gasteiger partial charge in [0.2, 0.25) is 5.91 Å². The first kappa shape index (κ1) is 14.4. The van der Waals surface area contributed by atoms with E-state index in [1.54, 1.807) is 12.0 Å². The summed E-state index contributed by atoms with van der Waals surface area (Å²) < 4.78 is 4.94. The maximum Gasteiger partial charge on any atom is 0.222 e. The Morgan fingerprint density at radius 1 is 1.53 bits per heavy atom. The smallest absolute Gasteiger partial charge is 0.222 e. The van der Waals surface area contributed by atoms with Gasteiger partial charge in [-0.1, -0.05) is 13.3 Å². The first-order valence-corrected chi connectivity index (χ1v) is 5.58. The summed E-state index contributed by atoms with van der Waals surface area (Å²) in [5.74, 6) is 0.505. The summed E-state index contributed by atoms with van der Waals surface area (Å²) in [7, 11) is 3.50. The van der Waals surface area contributed by atoms with Gasteiger partial charge in [-0.3, -0.25) is 4.79 Å². The molecule has 0 aromatic rings. The van der Waals surface area contributed by atoms with Crippen LogP contribution in [0.3, 0.4) is 0 Å². The first-order valence-electron chi connectivity index (χ1n) is 5.58. The number of carbonyl (C=O) groups excluding carboxylic acids is 1. The van der Waals surface area contributed by atoms with E-state index in [0.717, 1.165) is 19.4 Å². The van der Waals surface area contributed by atoms with Gasteiger partial charge in [0, 0.05) is 33.7 Å². The molecule has 0 rings (SSSR count). The molecule has 0 fully saturated rings. The van der Waals surface area contributed by atoms with Gasteiger partial charge >= 0.3 is 0 Å². The summed E-state index contributed by atoms with van der Waals surface area (Å²) in [5, 5.41) is 0. The Kier molecular flexibility index (Phi) is 8.33. The number of hydrogen-bond donors (Lipinski definition) is 1. The molecule has 2 N–H and O–H groups in total. The molecular weight excluding hydrogens is 192 g/mol. The predicted molar refractivity (Wildman–Crippen MR) is 61.6 cm³/mol. The van der Waals surface area contributed by atoms with Crippen LogP contribution >= 0.6 is 0 Å². The molecule has 0 spiro atoms. The Bertz CT molecular complexity index is 170. The highest BCUT2D eigenvalue weighted by molar-refractivity contribution is 5.76. The molecule has 1 atom stereocenters. The molecule has 0 saturated carbocycles. The highest BCUT2D eigenvalue weighted by Gasteiger charge is 2.13. The van der Waals surface area contributed by atoms with Gasteiger partial charge in [-0.25, -0.2) is 0 Å². The first-order chi connectivity index (χ1) is 7.15. The monoisotopic (exact) mass is 216 g/mol. The lowest BCUT2D eigenvalue weighted by Crippen LogP contribution is -2.31. The minimum atomic E-state index is 0.184. The van der Waals surface area contributed by atoms with Gasteiger partial charge < -0.3 is 15.4 Å². The van der Waals surface area contributed by atoms with Crippen molar-refractivity contribution in [3.05, 3.63) is 0 Å². The van der Waals surface area contributed by atoms with Gasteiger partial charge in [0.05, 0.1) is 0 Å². The van der Waals surface area contributed by atoms with Crippen LogP contribution in [0.2, 0.25) is 0 Å². The van der Waals surface area contributed by atoms with E-state index in [1.807, 2.05) is 7.05 Å². The lowest BCUT2D eigenvalue weighted by molar-refractivity contribution is -0.131. The predicted octanol–water partition coefficient (Wildman–Crippen LogP) is 0.856. The molecule has 1 unspecified atom stereocenters. The van der Waals surface area contributed by atoms with E-state index in [1.165, 1.54) is 0 Å². The number of amides is 1.